The van der Waals surface area contributed by atoms with Crippen LogP contribution in [0.3, 0.4) is 0 Å². The monoisotopic (exact) mass is 434 g/mol. The van der Waals surface area contributed by atoms with E-state index in [1.807, 2.05) is 18.2 Å². The molecule has 1 aliphatic carbocycles. The highest BCUT2D eigenvalue weighted by molar-refractivity contribution is 7.98. The maximum Gasteiger partial charge on any atom is 0.224 e. The van der Waals surface area contributed by atoms with Crippen molar-refractivity contribution in [2.75, 3.05) is 11.6 Å². The van der Waals surface area contributed by atoms with Gasteiger partial charge in [-0.1, -0.05) is 24.3 Å². The Labute approximate surface area is 182 Å². The van der Waals surface area contributed by atoms with Gasteiger partial charge in [-0.2, -0.15) is 0 Å². The van der Waals surface area contributed by atoms with Crippen LogP contribution in [0.2, 0.25) is 0 Å². The van der Waals surface area contributed by atoms with Crippen LogP contribution in [0.15, 0.2) is 64.4 Å². The number of thioether (sulfide) groups is 1. The molecule has 0 bridgehead atoms. The molecule has 1 N–H and O–H groups in total. The number of ketones is 1. The van der Waals surface area contributed by atoms with Gasteiger partial charge in [-0.25, -0.2) is 4.39 Å². The van der Waals surface area contributed by atoms with Crippen molar-refractivity contribution >= 4 is 17.5 Å². The molecule has 1 fully saturated rings. The van der Waals surface area contributed by atoms with Gasteiger partial charge in [-0.3, -0.25) is 19.3 Å². The normalized spacial score (nSPS) is 20.6. The van der Waals surface area contributed by atoms with Gasteiger partial charge in [0.25, 0.3) is 0 Å². The number of aromatic nitrogens is 1. The average Bonchev–Trinajstić information content (AvgIpc) is 3.56. The summed E-state index contributed by atoms with van der Waals surface area (Å²) in [5.74, 6) is -0.312. The van der Waals surface area contributed by atoms with E-state index in [-0.39, 0.29) is 23.3 Å². The predicted molar refractivity (Wildman–Crippen MR) is 116 cm³/mol. The Balaban J connectivity index is 1.63. The number of rotatable bonds is 1. The van der Waals surface area contributed by atoms with Gasteiger partial charge in [-0.15, -0.1) is 11.8 Å². The third-order valence-corrected chi connectivity index (χ3v) is 7.78. The number of fused-ring (bicyclic) bond motifs is 3. The number of nitrogens with zero attached hydrogens (tertiary/aromatic N) is 2. The molecule has 0 amide bonds. The van der Waals surface area contributed by atoms with Crippen molar-refractivity contribution in [1.82, 2.24) is 4.68 Å². The predicted octanol–water partition coefficient (Wildman–Crippen LogP) is 4.00. The van der Waals surface area contributed by atoms with Crippen LogP contribution in [-0.2, 0) is 5.75 Å². The average molecular weight is 434 g/mol. The molecule has 1 aromatic heterocycles. The van der Waals surface area contributed by atoms with E-state index in [1.165, 1.54) is 12.1 Å². The van der Waals surface area contributed by atoms with Crippen molar-refractivity contribution in [1.29, 1.82) is 0 Å². The number of halogens is 1. The SMILES string of the molecule is O=C1c2c(O)c(=O)ccn2N(C2c3ccc(F)cc3CSc3ccccc32)CC12CC2. The molecule has 2 aromatic carbocycles. The molecule has 5 nitrogen and oxygen atoms in total. The van der Waals surface area contributed by atoms with Gasteiger partial charge in [-0.05, 0) is 47.7 Å². The summed E-state index contributed by atoms with van der Waals surface area (Å²) in [6.07, 6.45) is 3.02. The largest absolute Gasteiger partial charge is 0.503 e. The Hall–Kier alpha value is -3.06. The number of Topliss-reactive ketones (excluding diaryl/α,β-unsaturated/α-hetero) is 1. The topological polar surface area (TPSA) is 62.5 Å². The van der Waals surface area contributed by atoms with E-state index in [4.69, 9.17) is 0 Å². The Bertz CT molecular complexity index is 1310. The summed E-state index contributed by atoms with van der Waals surface area (Å²) in [4.78, 5) is 26.5. The molecule has 1 spiro atoms. The van der Waals surface area contributed by atoms with Gasteiger partial charge >= 0.3 is 0 Å². The Morgan fingerprint density at radius 3 is 2.68 bits per heavy atom. The fourth-order valence-electron chi connectivity index (χ4n) is 4.85. The summed E-state index contributed by atoms with van der Waals surface area (Å²) in [6, 6.07) is 13.9. The van der Waals surface area contributed by atoms with Crippen molar-refractivity contribution < 1.29 is 14.3 Å². The molecular formula is C24H19FN2O3S. The van der Waals surface area contributed by atoms with E-state index >= 15 is 0 Å². The Morgan fingerprint density at radius 1 is 1.06 bits per heavy atom. The maximum atomic E-state index is 14.1. The lowest BCUT2D eigenvalue weighted by Crippen LogP contribution is -2.51. The molecule has 3 aromatic rings. The number of carbonyl (C=O) groups is 1. The highest BCUT2D eigenvalue weighted by Crippen LogP contribution is 2.53. The first-order chi connectivity index (χ1) is 15.0. The summed E-state index contributed by atoms with van der Waals surface area (Å²) < 4.78 is 15.7. The Morgan fingerprint density at radius 2 is 1.87 bits per heavy atom. The van der Waals surface area contributed by atoms with Gasteiger partial charge in [0.05, 0.1) is 11.5 Å². The van der Waals surface area contributed by atoms with E-state index in [1.54, 1.807) is 28.7 Å². The molecule has 31 heavy (non-hydrogen) atoms. The van der Waals surface area contributed by atoms with Crippen molar-refractivity contribution in [3.63, 3.8) is 0 Å². The van der Waals surface area contributed by atoms with E-state index in [9.17, 15) is 19.1 Å². The highest BCUT2D eigenvalue weighted by atomic mass is 32.2. The zero-order valence-corrected chi connectivity index (χ0v) is 17.4. The fraction of sp³-hybridized carbons (Fsp3) is 0.250. The summed E-state index contributed by atoms with van der Waals surface area (Å²) in [5.41, 5.74) is 1.84. The minimum Gasteiger partial charge on any atom is -0.503 e. The molecule has 7 heteroatoms. The van der Waals surface area contributed by atoms with Gasteiger partial charge in [0.2, 0.25) is 5.43 Å². The van der Waals surface area contributed by atoms with Crippen LogP contribution in [-0.4, -0.2) is 22.1 Å². The zero-order valence-electron chi connectivity index (χ0n) is 16.5. The summed E-state index contributed by atoms with van der Waals surface area (Å²) in [7, 11) is 0. The van der Waals surface area contributed by atoms with E-state index < -0.39 is 16.6 Å². The van der Waals surface area contributed by atoms with Crippen LogP contribution in [0.25, 0.3) is 0 Å². The van der Waals surface area contributed by atoms with E-state index in [2.05, 4.69) is 17.1 Å². The minimum atomic E-state index is -0.583. The zero-order chi connectivity index (χ0) is 21.3. The standard InChI is InChI=1S/C24H19FN2O3S/c25-15-5-6-16-14(11-15)12-31-19-4-2-1-3-17(19)20(16)27-13-24(8-9-24)23(30)21-22(29)18(28)7-10-26(21)27/h1-7,10-11,20,29H,8-9,12-13H2. The quantitative estimate of drug-likeness (QED) is 0.627. The third kappa shape index (κ3) is 2.69. The molecular weight excluding hydrogens is 415 g/mol. The lowest BCUT2D eigenvalue weighted by atomic mass is 9.90. The lowest BCUT2D eigenvalue weighted by Gasteiger charge is -2.43. The molecule has 2 aliphatic heterocycles. The molecule has 0 saturated heterocycles. The van der Waals surface area contributed by atoms with Crippen LogP contribution in [0.5, 0.6) is 5.75 Å². The van der Waals surface area contributed by atoms with E-state index in [0.717, 1.165) is 34.4 Å². The number of pyridine rings is 1. The second-order valence-corrected chi connectivity index (χ2v) is 9.52. The van der Waals surface area contributed by atoms with Crippen LogP contribution in [0.1, 0.15) is 46.1 Å². The molecule has 0 radical (unpaired) electrons. The molecule has 1 saturated carbocycles. The van der Waals surface area contributed by atoms with Gasteiger partial charge in [0.1, 0.15) is 5.82 Å². The second kappa shape index (κ2) is 6.47. The van der Waals surface area contributed by atoms with Crippen molar-refractivity contribution in [3.8, 4) is 5.75 Å². The van der Waals surface area contributed by atoms with Gasteiger partial charge in [0, 0.05) is 29.5 Å². The molecule has 3 aliphatic rings. The third-order valence-electron chi connectivity index (χ3n) is 6.64. The number of carbonyl (C=O) groups excluding carboxylic acids is 1. The number of hydrogen-bond donors (Lipinski definition) is 1. The van der Waals surface area contributed by atoms with Crippen LogP contribution < -0.4 is 10.4 Å². The van der Waals surface area contributed by atoms with Crippen molar-refractivity contribution in [3.05, 3.63) is 93.2 Å². The Kier molecular flexibility index (Phi) is 3.90. The first-order valence-corrected chi connectivity index (χ1v) is 11.2. The molecule has 3 heterocycles. The smallest absolute Gasteiger partial charge is 0.224 e. The number of aromatic hydroxyl groups is 1. The molecule has 156 valence electrons. The fourth-order valence-corrected chi connectivity index (χ4v) is 5.93. The first-order valence-electron chi connectivity index (χ1n) is 10.2. The highest BCUT2D eigenvalue weighted by Gasteiger charge is 2.56. The molecule has 6 rings (SSSR count). The number of hydrogen-bond acceptors (Lipinski definition) is 5. The summed E-state index contributed by atoms with van der Waals surface area (Å²) in [6.45, 7) is 0.474. The van der Waals surface area contributed by atoms with Crippen LogP contribution in [0.4, 0.5) is 4.39 Å². The first kappa shape index (κ1) is 18.7. The molecule has 1 unspecified atom stereocenters. The number of benzene rings is 2. The summed E-state index contributed by atoms with van der Waals surface area (Å²) in [5, 5.41) is 12.6. The van der Waals surface area contributed by atoms with Crippen molar-refractivity contribution in [2.45, 2.75) is 29.5 Å². The summed E-state index contributed by atoms with van der Waals surface area (Å²) >= 11 is 1.66. The van der Waals surface area contributed by atoms with Crippen LogP contribution >= 0.6 is 11.8 Å². The van der Waals surface area contributed by atoms with Gasteiger partial charge in [0.15, 0.2) is 17.2 Å². The minimum absolute atomic E-state index is 0.0503. The van der Waals surface area contributed by atoms with Crippen molar-refractivity contribution in [2.24, 2.45) is 5.41 Å². The van der Waals surface area contributed by atoms with Gasteiger partial charge < -0.3 is 5.11 Å². The van der Waals surface area contributed by atoms with Crippen LogP contribution in [0, 0.1) is 11.2 Å². The molecule has 1 atom stereocenters. The second-order valence-electron chi connectivity index (χ2n) is 8.50. The maximum absolute atomic E-state index is 14.1. The lowest BCUT2D eigenvalue weighted by molar-refractivity contribution is 0.0856. The van der Waals surface area contributed by atoms with E-state index in [0.29, 0.717) is 12.3 Å².